The quantitative estimate of drug-likeness (QED) is 0.791. The van der Waals surface area contributed by atoms with Crippen molar-refractivity contribution in [1.29, 1.82) is 0 Å². The zero-order valence-corrected chi connectivity index (χ0v) is 12.0. The number of nitrogens with one attached hydrogen (secondary N) is 1. The van der Waals surface area contributed by atoms with Crippen LogP contribution in [0.15, 0.2) is 0 Å². The summed E-state index contributed by atoms with van der Waals surface area (Å²) < 4.78 is 0. The first-order valence-corrected chi connectivity index (χ1v) is 7.27. The standard InChI is InChI=1S/C14H27N3O/c1-11(14(18)16(2)3)17(13-4-5-13)10-12-6-8-15-9-7-12/h11-13,15H,4-10H2,1-3H3. The zero-order chi connectivity index (χ0) is 13.1. The molecule has 2 rings (SSSR count). The van der Waals surface area contributed by atoms with E-state index in [1.807, 2.05) is 14.1 Å². The Balaban J connectivity index is 1.92. The minimum atomic E-state index is 0.0439. The van der Waals surface area contributed by atoms with Gasteiger partial charge in [0.05, 0.1) is 6.04 Å². The largest absolute Gasteiger partial charge is 0.347 e. The fourth-order valence-corrected chi connectivity index (χ4v) is 2.91. The molecule has 104 valence electrons. The molecule has 0 aromatic carbocycles. The first-order valence-electron chi connectivity index (χ1n) is 7.27. The van der Waals surface area contributed by atoms with Crippen molar-refractivity contribution in [2.45, 2.75) is 44.7 Å². The molecule has 0 aromatic rings. The van der Waals surface area contributed by atoms with Gasteiger partial charge in [-0.05, 0) is 51.6 Å². The van der Waals surface area contributed by atoms with Gasteiger partial charge < -0.3 is 10.2 Å². The average molecular weight is 253 g/mol. The van der Waals surface area contributed by atoms with Gasteiger partial charge in [0.2, 0.25) is 5.91 Å². The zero-order valence-electron chi connectivity index (χ0n) is 12.0. The molecule has 1 saturated carbocycles. The van der Waals surface area contributed by atoms with Crippen LogP contribution in [0.25, 0.3) is 0 Å². The maximum absolute atomic E-state index is 12.1. The van der Waals surface area contributed by atoms with Crippen LogP contribution in [-0.2, 0) is 4.79 Å². The Morgan fingerprint density at radius 2 is 1.83 bits per heavy atom. The summed E-state index contributed by atoms with van der Waals surface area (Å²) in [5, 5.41) is 3.41. The van der Waals surface area contributed by atoms with Gasteiger partial charge in [-0.1, -0.05) is 0 Å². The molecule has 0 aromatic heterocycles. The van der Waals surface area contributed by atoms with Crippen LogP contribution in [-0.4, -0.2) is 61.5 Å². The van der Waals surface area contributed by atoms with Crippen molar-refractivity contribution in [2.75, 3.05) is 33.7 Å². The second kappa shape index (κ2) is 6.02. The van der Waals surface area contributed by atoms with Gasteiger partial charge in [0.1, 0.15) is 0 Å². The molecule has 1 unspecified atom stereocenters. The number of carbonyl (C=O) groups is 1. The fourth-order valence-electron chi connectivity index (χ4n) is 2.91. The summed E-state index contributed by atoms with van der Waals surface area (Å²) in [5.41, 5.74) is 0. The van der Waals surface area contributed by atoms with Crippen molar-refractivity contribution < 1.29 is 4.79 Å². The third-order valence-electron chi connectivity index (χ3n) is 4.24. The summed E-state index contributed by atoms with van der Waals surface area (Å²) >= 11 is 0. The first-order chi connectivity index (χ1) is 8.59. The number of likely N-dealkylation sites (N-methyl/N-ethyl adjacent to an activating group) is 1. The number of piperidine rings is 1. The van der Waals surface area contributed by atoms with Crippen molar-refractivity contribution >= 4 is 5.91 Å². The van der Waals surface area contributed by atoms with Gasteiger partial charge in [-0.15, -0.1) is 0 Å². The van der Waals surface area contributed by atoms with Crippen LogP contribution in [0, 0.1) is 5.92 Å². The smallest absolute Gasteiger partial charge is 0.239 e. The Morgan fingerprint density at radius 3 is 2.33 bits per heavy atom. The van der Waals surface area contributed by atoms with E-state index in [9.17, 15) is 4.79 Å². The molecule has 1 aliphatic heterocycles. The molecule has 0 bridgehead atoms. The van der Waals surface area contributed by atoms with Gasteiger partial charge in [0.25, 0.3) is 0 Å². The molecular formula is C14H27N3O. The number of rotatable bonds is 5. The summed E-state index contributed by atoms with van der Waals surface area (Å²) in [6, 6.07) is 0.709. The highest BCUT2D eigenvalue weighted by Crippen LogP contribution is 2.31. The lowest BCUT2D eigenvalue weighted by atomic mass is 9.96. The normalized spacial score (nSPS) is 23.1. The van der Waals surface area contributed by atoms with Crippen LogP contribution in [0.1, 0.15) is 32.6 Å². The molecule has 0 radical (unpaired) electrons. The molecule has 1 N–H and O–H groups in total. The number of hydrogen-bond donors (Lipinski definition) is 1. The Bertz CT molecular complexity index is 283. The lowest BCUT2D eigenvalue weighted by molar-refractivity contribution is -0.134. The van der Waals surface area contributed by atoms with Crippen molar-refractivity contribution in [3.63, 3.8) is 0 Å². The van der Waals surface area contributed by atoms with Gasteiger partial charge in [0.15, 0.2) is 0 Å². The fraction of sp³-hybridized carbons (Fsp3) is 0.929. The van der Waals surface area contributed by atoms with Crippen LogP contribution in [0.3, 0.4) is 0 Å². The highest BCUT2D eigenvalue weighted by molar-refractivity contribution is 5.81. The second-order valence-electron chi connectivity index (χ2n) is 6.03. The molecule has 1 heterocycles. The van der Waals surface area contributed by atoms with E-state index in [1.54, 1.807) is 4.90 Å². The Morgan fingerprint density at radius 1 is 1.22 bits per heavy atom. The Hall–Kier alpha value is -0.610. The van der Waals surface area contributed by atoms with E-state index in [4.69, 9.17) is 0 Å². The monoisotopic (exact) mass is 253 g/mol. The van der Waals surface area contributed by atoms with Crippen molar-refractivity contribution in [2.24, 2.45) is 5.92 Å². The first kappa shape index (κ1) is 13.8. The summed E-state index contributed by atoms with van der Waals surface area (Å²) in [7, 11) is 3.71. The molecule has 1 aliphatic carbocycles. The summed E-state index contributed by atoms with van der Waals surface area (Å²) in [6.07, 6.45) is 5.06. The van der Waals surface area contributed by atoms with Gasteiger partial charge >= 0.3 is 0 Å². The minimum absolute atomic E-state index is 0.0439. The average Bonchev–Trinajstić information content (AvgIpc) is 3.19. The third kappa shape index (κ3) is 3.45. The van der Waals surface area contributed by atoms with Gasteiger partial charge in [-0.3, -0.25) is 9.69 Å². The van der Waals surface area contributed by atoms with E-state index in [1.165, 1.54) is 25.7 Å². The van der Waals surface area contributed by atoms with Crippen LogP contribution < -0.4 is 5.32 Å². The highest BCUT2D eigenvalue weighted by Gasteiger charge is 2.36. The maximum Gasteiger partial charge on any atom is 0.239 e. The molecule has 2 aliphatic rings. The van der Waals surface area contributed by atoms with Crippen LogP contribution in [0.4, 0.5) is 0 Å². The minimum Gasteiger partial charge on any atom is -0.347 e. The highest BCUT2D eigenvalue weighted by atomic mass is 16.2. The third-order valence-corrected chi connectivity index (χ3v) is 4.24. The van der Waals surface area contributed by atoms with E-state index in [0.29, 0.717) is 6.04 Å². The molecule has 0 spiro atoms. The van der Waals surface area contributed by atoms with Crippen LogP contribution in [0.5, 0.6) is 0 Å². The molecule has 1 atom stereocenters. The van der Waals surface area contributed by atoms with Gasteiger partial charge in [-0.2, -0.15) is 0 Å². The maximum atomic E-state index is 12.1. The molecule has 1 saturated heterocycles. The molecule has 4 nitrogen and oxygen atoms in total. The molecular weight excluding hydrogens is 226 g/mol. The number of carbonyl (C=O) groups excluding carboxylic acids is 1. The Labute approximate surface area is 111 Å². The number of hydrogen-bond acceptors (Lipinski definition) is 3. The molecule has 4 heteroatoms. The Kier molecular flexibility index (Phi) is 4.62. The van der Waals surface area contributed by atoms with Gasteiger partial charge in [0, 0.05) is 26.7 Å². The van der Waals surface area contributed by atoms with E-state index >= 15 is 0 Å². The summed E-state index contributed by atoms with van der Waals surface area (Å²) in [4.78, 5) is 16.3. The van der Waals surface area contributed by atoms with E-state index in [2.05, 4.69) is 17.1 Å². The van der Waals surface area contributed by atoms with E-state index in [0.717, 1.165) is 25.6 Å². The summed E-state index contributed by atoms with van der Waals surface area (Å²) in [6.45, 7) is 5.45. The number of nitrogens with zero attached hydrogens (tertiary/aromatic N) is 2. The van der Waals surface area contributed by atoms with Gasteiger partial charge in [-0.25, -0.2) is 0 Å². The van der Waals surface area contributed by atoms with E-state index in [-0.39, 0.29) is 11.9 Å². The van der Waals surface area contributed by atoms with Crippen molar-refractivity contribution in [1.82, 2.24) is 15.1 Å². The second-order valence-corrected chi connectivity index (χ2v) is 6.03. The number of amides is 1. The van der Waals surface area contributed by atoms with Crippen molar-refractivity contribution in [3.05, 3.63) is 0 Å². The SMILES string of the molecule is CC(C(=O)N(C)C)N(CC1CCNCC1)C1CC1. The molecule has 18 heavy (non-hydrogen) atoms. The van der Waals surface area contributed by atoms with Crippen LogP contribution >= 0.6 is 0 Å². The van der Waals surface area contributed by atoms with Crippen LogP contribution in [0.2, 0.25) is 0 Å². The predicted octanol–water partition coefficient (Wildman–Crippen LogP) is 0.927. The lowest BCUT2D eigenvalue weighted by Gasteiger charge is -2.34. The topological polar surface area (TPSA) is 35.6 Å². The predicted molar refractivity (Wildman–Crippen MR) is 73.5 cm³/mol. The van der Waals surface area contributed by atoms with E-state index < -0.39 is 0 Å². The summed E-state index contributed by atoms with van der Waals surface area (Å²) in [5.74, 6) is 1.01. The lowest BCUT2D eigenvalue weighted by Crippen LogP contribution is -2.48. The molecule has 2 fully saturated rings. The molecule has 1 amide bonds. The van der Waals surface area contributed by atoms with Crippen molar-refractivity contribution in [3.8, 4) is 0 Å².